The first-order valence-electron chi connectivity index (χ1n) is 14.7. The van der Waals surface area contributed by atoms with Crippen LogP contribution in [0.5, 0.6) is 0 Å². The number of aliphatic hydroxyl groups excluding tert-OH is 1. The van der Waals surface area contributed by atoms with Crippen molar-refractivity contribution in [2.75, 3.05) is 32.8 Å². The van der Waals surface area contributed by atoms with Crippen molar-refractivity contribution in [3.8, 4) is 11.3 Å². The summed E-state index contributed by atoms with van der Waals surface area (Å²) in [4.78, 5) is 23.9. The lowest BCUT2D eigenvalue weighted by Crippen LogP contribution is -2.50. The average molecular weight is 571 g/mol. The van der Waals surface area contributed by atoms with Crippen LogP contribution in [0.4, 0.5) is 13.2 Å². The predicted octanol–water partition coefficient (Wildman–Crippen LogP) is 5.96. The van der Waals surface area contributed by atoms with Crippen molar-refractivity contribution in [3.63, 3.8) is 0 Å². The summed E-state index contributed by atoms with van der Waals surface area (Å²) >= 11 is 0. The molecule has 0 spiro atoms. The quantitative estimate of drug-likeness (QED) is 0.327. The summed E-state index contributed by atoms with van der Waals surface area (Å²) in [5, 5.41) is 10.9. The van der Waals surface area contributed by atoms with Crippen LogP contribution >= 0.6 is 0 Å². The van der Waals surface area contributed by atoms with E-state index < -0.39 is 24.2 Å². The lowest BCUT2D eigenvalue weighted by molar-refractivity contribution is -0.171. The first-order chi connectivity index (χ1) is 19.5. The molecule has 1 aromatic carbocycles. The van der Waals surface area contributed by atoms with E-state index in [9.17, 15) is 23.1 Å². The third-order valence-corrected chi connectivity index (χ3v) is 9.03. The van der Waals surface area contributed by atoms with Crippen LogP contribution in [0, 0.1) is 19.8 Å². The van der Waals surface area contributed by atoms with Gasteiger partial charge in [0.15, 0.2) is 0 Å². The van der Waals surface area contributed by atoms with Crippen LogP contribution in [0.2, 0.25) is 0 Å². The Labute approximate surface area is 239 Å². The fraction of sp³-hybridized carbons (Fsp3) is 0.562. The van der Waals surface area contributed by atoms with Crippen LogP contribution in [-0.2, 0) is 4.79 Å². The monoisotopic (exact) mass is 570 g/mol. The van der Waals surface area contributed by atoms with E-state index in [0.29, 0.717) is 18.4 Å². The minimum absolute atomic E-state index is 0.158. The number of benzene rings is 1. The topological polar surface area (TPSA) is 72.5 Å². The average Bonchev–Trinajstić information content (AvgIpc) is 3.53. The molecule has 9 heteroatoms. The fourth-order valence-corrected chi connectivity index (χ4v) is 6.99. The highest BCUT2D eigenvalue weighted by Crippen LogP contribution is 2.40. The van der Waals surface area contributed by atoms with E-state index in [0.717, 1.165) is 60.4 Å². The molecule has 0 radical (unpaired) electrons. The number of likely N-dealkylation sites (tertiary alicyclic amines) is 2. The van der Waals surface area contributed by atoms with Crippen LogP contribution in [-0.4, -0.2) is 82.2 Å². The van der Waals surface area contributed by atoms with Gasteiger partial charge in [-0.15, -0.1) is 0 Å². The normalized spacial score (nSPS) is 22.2. The number of hydrogen-bond acceptors (Lipinski definition) is 5. The highest BCUT2D eigenvalue weighted by molar-refractivity contribution is 5.92. The molecule has 2 aliphatic heterocycles. The molecule has 2 unspecified atom stereocenters. The van der Waals surface area contributed by atoms with Crippen molar-refractivity contribution >= 4 is 17.2 Å². The number of nitrogens with one attached hydrogen (secondary N) is 1. The minimum atomic E-state index is -4.32. The van der Waals surface area contributed by atoms with Gasteiger partial charge < -0.3 is 19.8 Å². The zero-order valence-corrected chi connectivity index (χ0v) is 24.3. The van der Waals surface area contributed by atoms with Crippen LogP contribution in [0.1, 0.15) is 67.5 Å². The second-order valence-electron chi connectivity index (χ2n) is 12.3. The van der Waals surface area contributed by atoms with Crippen LogP contribution in [0.15, 0.2) is 30.3 Å². The van der Waals surface area contributed by atoms with E-state index in [1.54, 1.807) is 4.90 Å². The van der Waals surface area contributed by atoms with Gasteiger partial charge in [0, 0.05) is 47.0 Å². The minimum Gasteiger partial charge on any atom is -0.395 e. The number of aliphatic hydroxyl groups is 1. The Hall–Kier alpha value is -2.75. The number of carbonyl (C=O) groups excluding carboxylic acids is 1. The molecule has 41 heavy (non-hydrogen) atoms. The van der Waals surface area contributed by atoms with Crippen molar-refractivity contribution in [1.29, 1.82) is 0 Å². The van der Waals surface area contributed by atoms with Gasteiger partial charge in [-0.3, -0.25) is 9.88 Å². The summed E-state index contributed by atoms with van der Waals surface area (Å²) < 4.78 is 40.0. The Morgan fingerprint density at radius 3 is 2.39 bits per heavy atom. The number of aromatic amines is 1. The van der Waals surface area contributed by atoms with Gasteiger partial charge in [0.2, 0.25) is 0 Å². The van der Waals surface area contributed by atoms with E-state index >= 15 is 0 Å². The van der Waals surface area contributed by atoms with E-state index in [-0.39, 0.29) is 19.6 Å². The first kappa shape index (κ1) is 29.7. The molecule has 2 saturated heterocycles. The molecular formula is C32H41F3N4O2. The number of aldehydes is 1. The van der Waals surface area contributed by atoms with Gasteiger partial charge in [-0.1, -0.05) is 19.9 Å². The summed E-state index contributed by atoms with van der Waals surface area (Å²) in [6, 6.07) is 9.67. The Morgan fingerprint density at radius 2 is 1.80 bits per heavy atom. The maximum Gasteiger partial charge on any atom is 0.393 e. The van der Waals surface area contributed by atoms with Crippen molar-refractivity contribution < 1.29 is 23.1 Å². The van der Waals surface area contributed by atoms with Crippen LogP contribution < -0.4 is 0 Å². The third-order valence-electron chi connectivity index (χ3n) is 9.03. The molecule has 5 rings (SSSR count). The summed E-state index contributed by atoms with van der Waals surface area (Å²) in [5.74, 6) is -0.796. The molecule has 3 aromatic rings. The SMILES string of the molecule is Cc1cc(-c2[nH]c3ccc(C4CCN(CC(C=O)N5CC(C(F)(F)F)C[C@@H]5CO)CC4)cc3c2C(C)C)cc(C)n1. The molecule has 2 aromatic heterocycles. The highest BCUT2D eigenvalue weighted by atomic mass is 19.4. The number of fused-ring (bicyclic) bond motifs is 1. The molecule has 0 amide bonds. The van der Waals surface area contributed by atoms with Crippen molar-refractivity contribution in [1.82, 2.24) is 19.8 Å². The molecule has 222 valence electrons. The van der Waals surface area contributed by atoms with E-state index in [1.165, 1.54) is 16.5 Å². The zero-order valence-electron chi connectivity index (χ0n) is 24.3. The Bertz CT molecular complexity index is 1360. The number of pyridine rings is 1. The van der Waals surface area contributed by atoms with Crippen LogP contribution in [0.25, 0.3) is 22.2 Å². The lowest BCUT2D eigenvalue weighted by atomic mass is 9.87. The molecule has 6 nitrogen and oxygen atoms in total. The number of alkyl halides is 3. The van der Waals surface area contributed by atoms with Crippen molar-refractivity contribution in [2.24, 2.45) is 5.92 Å². The maximum atomic E-state index is 13.3. The lowest BCUT2D eigenvalue weighted by Gasteiger charge is -2.37. The number of aromatic nitrogens is 2. The van der Waals surface area contributed by atoms with Gasteiger partial charge in [-0.2, -0.15) is 13.2 Å². The van der Waals surface area contributed by atoms with Gasteiger partial charge in [-0.25, -0.2) is 0 Å². The zero-order chi connectivity index (χ0) is 29.5. The summed E-state index contributed by atoms with van der Waals surface area (Å²) in [5.41, 5.74) is 8.01. The number of aryl methyl sites for hydroxylation is 2. The molecule has 0 aliphatic carbocycles. The van der Waals surface area contributed by atoms with Gasteiger partial charge in [-0.05, 0) is 93.4 Å². The Balaban J connectivity index is 1.30. The molecule has 2 fully saturated rings. The number of carbonyl (C=O) groups is 1. The second-order valence-corrected chi connectivity index (χ2v) is 12.3. The largest absolute Gasteiger partial charge is 0.395 e. The number of rotatable bonds is 8. The molecule has 3 atom stereocenters. The molecule has 2 aliphatic rings. The van der Waals surface area contributed by atoms with Crippen molar-refractivity contribution in [3.05, 3.63) is 52.8 Å². The Morgan fingerprint density at radius 1 is 1.12 bits per heavy atom. The molecular weight excluding hydrogens is 529 g/mol. The third kappa shape index (κ3) is 6.22. The van der Waals surface area contributed by atoms with Gasteiger partial charge in [0.05, 0.1) is 24.3 Å². The van der Waals surface area contributed by atoms with Gasteiger partial charge in [0.25, 0.3) is 0 Å². The van der Waals surface area contributed by atoms with Gasteiger partial charge >= 0.3 is 6.18 Å². The summed E-state index contributed by atoms with van der Waals surface area (Å²) in [6.45, 7) is 9.82. The second kappa shape index (κ2) is 11.9. The number of hydrogen-bond donors (Lipinski definition) is 2. The number of nitrogens with zero attached hydrogens (tertiary/aromatic N) is 3. The van der Waals surface area contributed by atoms with Gasteiger partial charge in [0.1, 0.15) is 6.29 Å². The summed E-state index contributed by atoms with van der Waals surface area (Å²) in [7, 11) is 0. The molecule has 2 N–H and O–H groups in total. The highest BCUT2D eigenvalue weighted by Gasteiger charge is 2.49. The van der Waals surface area contributed by atoms with Crippen LogP contribution in [0.3, 0.4) is 0 Å². The first-order valence-corrected chi connectivity index (χ1v) is 14.7. The number of halogens is 3. The fourth-order valence-electron chi connectivity index (χ4n) is 6.99. The molecule has 0 saturated carbocycles. The van der Waals surface area contributed by atoms with E-state index in [2.05, 4.69) is 59.0 Å². The van der Waals surface area contributed by atoms with E-state index in [1.807, 2.05) is 13.8 Å². The smallest absolute Gasteiger partial charge is 0.393 e. The molecule has 0 bridgehead atoms. The summed E-state index contributed by atoms with van der Waals surface area (Å²) in [6.07, 6.45) is -1.88. The Kier molecular flexibility index (Phi) is 8.60. The van der Waals surface area contributed by atoms with Crippen molar-refractivity contribution in [2.45, 2.75) is 77.1 Å². The number of H-pyrrole nitrogens is 1. The standard InChI is InChI=1S/C32H41F3N4O2/c1-19(2)30-28-13-23(5-6-29(28)37-31(30)24-11-20(3)36-21(4)12-24)22-7-9-38(10-8-22)16-27(18-41)39-15-25(32(33,34)35)14-26(39)17-40/h5-6,11-13,18-19,22,25-27,37,40H,7-10,14-17H2,1-4H3/t25?,26-,27?/m1/s1. The molecule has 4 heterocycles. The predicted molar refractivity (Wildman–Crippen MR) is 155 cm³/mol. The number of piperidine rings is 1. The maximum absolute atomic E-state index is 13.3. The van der Waals surface area contributed by atoms with E-state index in [4.69, 9.17) is 0 Å².